The molecule has 0 amide bonds. The Morgan fingerprint density at radius 1 is 1.62 bits per heavy atom. The Bertz CT molecular complexity index is 422. The van der Waals surface area contributed by atoms with Crippen molar-refractivity contribution in [2.45, 2.75) is 16.6 Å². The van der Waals surface area contributed by atoms with Crippen molar-refractivity contribution >= 4 is 29.3 Å². The highest BCUT2D eigenvalue weighted by atomic mass is 35.5. The molecule has 0 radical (unpaired) electrons. The van der Waals surface area contributed by atoms with Gasteiger partial charge in [-0.3, -0.25) is 4.79 Å². The van der Waals surface area contributed by atoms with Gasteiger partial charge in [0.05, 0.1) is 18.1 Å². The minimum Gasteiger partial charge on any atom is -0.495 e. The van der Waals surface area contributed by atoms with Gasteiger partial charge in [-0.1, -0.05) is 11.6 Å². The van der Waals surface area contributed by atoms with Crippen molar-refractivity contribution in [2.75, 3.05) is 7.11 Å². The molecule has 2 atom stereocenters. The SMILES string of the molecule is COc1ccc(SC2CC2C(=O)O)cc1Cl. The van der Waals surface area contributed by atoms with Crippen LogP contribution < -0.4 is 4.74 Å². The first-order valence-electron chi connectivity index (χ1n) is 4.85. The van der Waals surface area contributed by atoms with Crippen LogP contribution in [0.3, 0.4) is 0 Å². The molecule has 16 heavy (non-hydrogen) atoms. The van der Waals surface area contributed by atoms with Crippen molar-refractivity contribution in [1.82, 2.24) is 0 Å². The number of thioether (sulfide) groups is 1. The predicted octanol–water partition coefficient (Wildman–Crippen LogP) is 2.91. The first-order valence-corrected chi connectivity index (χ1v) is 6.10. The first-order chi connectivity index (χ1) is 7.61. The lowest BCUT2D eigenvalue weighted by Crippen LogP contribution is -1.99. The van der Waals surface area contributed by atoms with Crippen LogP contribution in [0.15, 0.2) is 23.1 Å². The second-order valence-electron chi connectivity index (χ2n) is 3.63. The zero-order chi connectivity index (χ0) is 11.7. The molecule has 1 aromatic rings. The minimum absolute atomic E-state index is 0.182. The standard InChI is InChI=1S/C11H11ClO3S/c1-15-9-3-2-6(4-8(9)12)16-10-5-7(10)11(13)14/h2-4,7,10H,5H2,1H3,(H,13,14). The highest BCUT2D eigenvalue weighted by Crippen LogP contribution is 2.46. The van der Waals surface area contributed by atoms with Crippen LogP contribution in [0.2, 0.25) is 5.02 Å². The van der Waals surface area contributed by atoms with Crippen molar-refractivity contribution in [3.63, 3.8) is 0 Å². The Hall–Kier alpha value is -0.870. The number of benzene rings is 1. The van der Waals surface area contributed by atoms with Gasteiger partial charge >= 0.3 is 5.97 Å². The summed E-state index contributed by atoms with van der Waals surface area (Å²) in [4.78, 5) is 11.7. The molecule has 0 saturated heterocycles. The topological polar surface area (TPSA) is 46.5 Å². The summed E-state index contributed by atoms with van der Waals surface area (Å²) >= 11 is 7.54. The molecule has 1 N–H and O–H groups in total. The molecule has 1 saturated carbocycles. The van der Waals surface area contributed by atoms with Crippen LogP contribution in [-0.4, -0.2) is 23.4 Å². The molecule has 0 heterocycles. The molecule has 2 unspecified atom stereocenters. The van der Waals surface area contributed by atoms with Gasteiger partial charge in [0.2, 0.25) is 0 Å². The zero-order valence-corrected chi connectivity index (χ0v) is 10.2. The Labute approximate surface area is 103 Å². The van der Waals surface area contributed by atoms with Crippen molar-refractivity contribution < 1.29 is 14.6 Å². The lowest BCUT2D eigenvalue weighted by atomic mass is 10.3. The maximum atomic E-state index is 10.7. The number of methoxy groups -OCH3 is 1. The predicted molar refractivity (Wildman–Crippen MR) is 63.4 cm³/mol. The van der Waals surface area contributed by atoms with E-state index in [4.69, 9.17) is 21.4 Å². The van der Waals surface area contributed by atoms with E-state index in [9.17, 15) is 4.79 Å². The van der Waals surface area contributed by atoms with Crippen molar-refractivity contribution in [1.29, 1.82) is 0 Å². The van der Waals surface area contributed by atoms with Crippen LogP contribution in [0.25, 0.3) is 0 Å². The molecule has 0 aliphatic heterocycles. The molecule has 1 fully saturated rings. The summed E-state index contributed by atoms with van der Waals surface area (Å²) in [5, 5.41) is 9.52. The number of rotatable bonds is 4. The molecule has 86 valence electrons. The second-order valence-corrected chi connectivity index (χ2v) is 5.35. The van der Waals surface area contributed by atoms with Crippen LogP contribution in [-0.2, 0) is 4.79 Å². The molecule has 0 bridgehead atoms. The van der Waals surface area contributed by atoms with E-state index in [0.717, 1.165) is 11.3 Å². The summed E-state index contributed by atoms with van der Waals surface area (Å²) < 4.78 is 5.04. The third-order valence-corrected chi connectivity index (χ3v) is 4.11. The number of carboxylic acids is 1. The minimum atomic E-state index is -0.711. The van der Waals surface area contributed by atoms with Gasteiger partial charge in [-0.15, -0.1) is 11.8 Å². The Morgan fingerprint density at radius 3 is 2.88 bits per heavy atom. The van der Waals surface area contributed by atoms with Gasteiger partial charge in [0.15, 0.2) is 0 Å². The van der Waals surface area contributed by atoms with Crippen LogP contribution >= 0.6 is 23.4 Å². The molecular formula is C11H11ClO3S. The summed E-state index contributed by atoms with van der Waals surface area (Å²) in [6, 6.07) is 5.50. The van der Waals surface area contributed by atoms with Crippen LogP contribution in [0, 0.1) is 5.92 Å². The van der Waals surface area contributed by atoms with Crippen molar-refractivity contribution in [3.8, 4) is 5.75 Å². The fourth-order valence-corrected chi connectivity index (χ4v) is 3.05. The molecule has 1 aliphatic carbocycles. The second kappa shape index (κ2) is 4.55. The van der Waals surface area contributed by atoms with E-state index in [1.807, 2.05) is 12.1 Å². The van der Waals surface area contributed by atoms with Crippen molar-refractivity contribution in [2.24, 2.45) is 5.92 Å². The van der Waals surface area contributed by atoms with Gasteiger partial charge < -0.3 is 9.84 Å². The Balaban J connectivity index is 2.01. The van der Waals surface area contributed by atoms with Crippen LogP contribution in [0.4, 0.5) is 0 Å². The smallest absolute Gasteiger partial charge is 0.307 e. The maximum absolute atomic E-state index is 10.7. The number of carboxylic acid groups (broad SMARTS) is 1. The van der Waals surface area contributed by atoms with E-state index in [-0.39, 0.29) is 11.2 Å². The van der Waals surface area contributed by atoms with E-state index in [2.05, 4.69) is 0 Å². The summed E-state index contributed by atoms with van der Waals surface area (Å²) in [5.74, 6) is -0.278. The highest BCUT2D eigenvalue weighted by Gasteiger charge is 2.43. The van der Waals surface area contributed by atoms with Gasteiger partial charge in [-0.05, 0) is 24.6 Å². The lowest BCUT2D eigenvalue weighted by molar-refractivity contribution is -0.138. The zero-order valence-electron chi connectivity index (χ0n) is 8.64. The molecule has 2 rings (SSSR count). The number of ether oxygens (including phenoxy) is 1. The van der Waals surface area contributed by atoms with Crippen molar-refractivity contribution in [3.05, 3.63) is 23.2 Å². The number of hydrogen-bond acceptors (Lipinski definition) is 3. The number of carbonyl (C=O) groups is 1. The largest absolute Gasteiger partial charge is 0.495 e. The fourth-order valence-electron chi connectivity index (χ4n) is 1.46. The van der Waals surface area contributed by atoms with Gasteiger partial charge in [0.1, 0.15) is 5.75 Å². The number of hydrogen-bond donors (Lipinski definition) is 1. The third kappa shape index (κ3) is 2.44. The molecular weight excluding hydrogens is 248 g/mol. The quantitative estimate of drug-likeness (QED) is 0.902. The molecule has 0 aromatic heterocycles. The summed E-state index contributed by atoms with van der Waals surface area (Å²) in [5.41, 5.74) is 0. The Morgan fingerprint density at radius 2 is 2.38 bits per heavy atom. The summed E-state index contributed by atoms with van der Waals surface area (Å²) in [6.45, 7) is 0. The van der Waals surface area contributed by atoms with E-state index in [0.29, 0.717) is 10.8 Å². The monoisotopic (exact) mass is 258 g/mol. The molecule has 5 heteroatoms. The number of halogens is 1. The average molecular weight is 259 g/mol. The van der Waals surface area contributed by atoms with Crippen LogP contribution in [0.5, 0.6) is 5.75 Å². The fraction of sp³-hybridized carbons (Fsp3) is 0.364. The Kier molecular flexibility index (Phi) is 3.30. The van der Waals surface area contributed by atoms with E-state index < -0.39 is 5.97 Å². The van der Waals surface area contributed by atoms with Gasteiger partial charge in [-0.2, -0.15) is 0 Å². The van der Waals surface area contributed by atoms with Gasteiger partial charge in [0, 0.05) is 10.1 Å². The molecule has 0 spiro atoms. The molecule has 3 nitrogen and oxygen atoms in total. The lowest BCUT2D eigenvalue weighted by Gasteiger charge is -2.05. The van der Waals surface area contributed by atoms with Crippen LogP contribution in [0.1, 0.15) is 6.42 Å². The van der Waals surface area contributed by atoms with Gasteiger partial charge in [-0.25, -0.2) is 0 Å². The van der Waals surface area contributed by atoms with Gasteiger partial charge in [0.25, 0.3) is 0 Å². The molecule has 1 aliphatic rings. The normalized spacial score (nSPS) is 22.9. The third-order valence-electron chi connectivity index (χ3n) is 2.46. The van der Waals surface area contributed by atoms with E-state index in [1.165, 1.54) is 0 Å². The summed E-state index contributed by atoms with van der Waals surface area (Å²) in [6.07, 6.45) is 0.740. The van der Waals surface area contributed by atoms with E-state index >= 15 is 0 Å². The highest BCUT2D eigenvalue weighted by molar-refractivity contribution is 8.00. The summed E-state index contributed by atoms with van der Waals surface area (Å²) in [7, 11) is 1.56. The number of aliphatic carboxylic acids is 1. The molecule has 1 aromatic carbocycles. The van der Waals surface area contributed by atoms with E-state index in [1.54, 1.807) is 24.9 Å². The average Bonchev–Trinajstić information content (AvgIpc) is 2.97. The maximum Gasteiger partial charge on any atom is 0.307 e. The first kappa shape index (κ1) is 11.6.